The van der Waals surface area contributed by atoms with Gasteiger partial charge in [0.1, 0.15) is 5.76 Å². The van der Waals surface area contributed by atoms with Crippen LogP contribution in [0.15, 0.2) is 11.3 Å². The minimum atomic E-state index is -1.27. The van der Waals surface area contributed by atoms with E-state index in [2.05, 4.69) is 0 Å². The summed E-state index contributed by atoms with van der Waals surface area (Å²) in [5.41, 5.74) is -0.384. The van der Waals surface area contributed by atoms with Crippen molar-refractivity contribution in [1.29, 1.82) is 0 Å². The van der Waals surface area contributed by atoms with Gasteiger partial charge in [0.25, 0.3) is 5.79 Å². The van der Waals surface area contributed by atoms with Gasteiger partial charge in [-0.25, -0.2) is 9.59 Å². The van der Waals surface area contributed by atoms with Crippen LogP contribution in [0.5, 0.6) is 0 Å². The van der Waals surface area contributed by atoms with Gasteiger partial charge < -0.3 is 14.6 Å². The topological polar surface area (TPSA) is 72.8 Å². The molecule has 96 valence electrons. The van der Waals surface area contributed by atoms with Gasteiger partial charge in [-0.1, -0.05) is 13.8 Å². The molecule has 1 fully saturated rings. The number of ether oxygens (including phenoxy) is 2. The quantitative estimate of drug-likeness (QED) is 0.355. The van der Waals surface area contributed by atoms with Gasteiger partial charge in [0.05, 0.1) is 0 Å². The molecule has 0 spiro atoms. The van der Waals surface area contributed by atoms with Crippen molar-refractivity contribution in [3.8, 4) is 0 Å². The molecule has 0 aromatic heterocycles. The maximum Gasteiger partial charge on any atom is 0.352 e. The van der Waals surface area contributed by atoms with Crippen molar-refractivity contribution in [2.24, 2.45) is 5.92 Å². The van der Waals surface area contributed by atoms with E-state index < -0.39 is 17.7 Å². The fraction of sp³-hybridized carbons (Fsp3) is 0.667. The molecule has 1 rings (SSSR count). The summed E-state index contributed by atoms with van der Waals surface area (Å²) in [5.74, 6) is -2.82. The zero-order valence-electron chi connectivity index (χ0n) is 10.6. The Labute approximate surface area is 100 Å². The van der Waals surface area contributed by atoms with Crippen LogP contribution in [-0.4, -0.2) is 22.8 Å². The minimum Gasteiger partial charge on any atom is -0.511 e. The summed E-state index contributed by atoms with van der Waals surface area (Å²) in [5, 5.41) is 9.71. The van der Waals surface area contributed by atoms with E-state index in [0.717, 1.165) is 0 Å². The highest BCUT2D eigenvalue weighted by Crippen LogP contribution is 2.25. The molecular formula is C12H18O5. The molecule has 1 saturated heterocycles. The molecule has 0 bridgehead atoms. The van der Waals surface area contributed by atoms with Crippen LogP contribution >= 0.6 is 0 Å². The Morgan fingerprint density at radius 3 is 2.12 bits per heavy atom. The summed E-state index contributed by atoms with van der Waals surface area (Å²) in [6, 6.07) is 0. The number of carbonyl (C=O) groups excluding carboxylic acids is 2. The normalized spacial score (nSPS) is 19.0. The lowest BCUT2D eigenvalue weighted by Gasteiger charge is -2.30. The number of esters is 2. The number of rotatable bonds is 3. The summed E-state index contributed by atoms with van der Waals surface area (Å²) in [6.07, 6.45) is 0.941. The molecule has 0 aromatic carbocycles. The minimum absolute atomic E-state index is 0.260. The SMILES string of the molecule is CC(C)CCC(O)=C1C(=O)OC(C)(C)OC1=O. The van der Waals surface area contributed by atoms with Crippen molar-refractivity contribution in [3.63, 3.8) is 0 Å². The van der Waals surface area contributed by atoms with Gasteiger partial charge in [0.15, 0.2) is 5.57 Å². The summed E-state index contributed by atoms with van der Waals surface area (Å²) in [6.45, 7) is 6.90. The van der Waals surface area contributed by atoms with Crippen molar-refractivity contribution >= 4 is 11.9 Å². The number of carbonyl (C=O) groups is 2. The first-order chi connectivity index (χ1) is 7.73. The van der Waals surface area contributed by atoms with Crippen LogP contribution in [0, 0.1) is 5.92 Å². The van der Waals surface area contributed by atoms with E-state index in [1.807, 2.05) is 13.8 Å². The van der Waals surface area contributed by atoms with Crippen molar-refractivity contribution in [1.82, 2.24) is 0 Å². The lowest BCUT2D eigenvalue weighted by atomic mass is 10.0. The number of hydrogen-bond donors (Lipinski definition) is 1. The predicted molar refractivity (Wildman–Crippen MR) is 60.0 cm³/mol. The maximum atomic E-state index is 11.6. The van der Waals surface area contributed by atoms with Crippen LogP contribution in [0.25, 0.3) is 0 Å². The number of aliphatic hydroxyl groups is 1. The molecule has 1 N–H and O–H groups in total. The van der Waals surface area contributed by atoms with E-state index in [1.165, 1.54) is 13.8 Å². The summed E-state index contributed by atoms with van der Waals surface area (Å²) < 4.78 is 9.77. The Kier molecular flexibility index (Phi) is 3.80. The standard InChI is InChI=1S/C12H18O5/c1-7(2)5-6-8(13)9-10(14)16-12(3,4)17-11(9)15/h7,13H,5-6H2,1-4H3. The fourth-order valence-corrected chi connectivity index (χ4v) is 1.44. The van der Waals surface area contributed by atoms with Gasteiger partial charge in [-0.05, 0) is 12.3 Å². The molecular weight excluding hydrogens is 224 g/mol. The Morgan fingerprint density at radius 1 is 1.24 bits per heavy atom. The molecule has 0 amide bonds. The number of cyclic esters (lactones) is 2. The van der Waals surface area contributed by atoms with Gasteiger partial charge in [0, 0.05) is 20.3 Å². The van der Waals surface area contributed by atoms with E-state index in [0.29, 0.717) is 12.3 Å². The Balaban J connectivity index is 2.86. The highest BCUT2D eigenvalue weighted by Gasteiger charge is 2.40. The summed E-state index contributed by atoms with van der Waals surface area (Å²) in [4.78, 5) is 23.1. The van der Waals surface area contributed by atoms with E-state index in [9.17, 15) is 14.7 Å². The molecule has 1 aliphatic rings. The van der Waals surface area contributed by atoms with Crippen LogP contribution in [0.1, 0.15) is 40.5 Å². The molecule has 0 saturated carbocycles. The van der Waals surface area contributed by atoms with Crippen LogP contribution in [-0.2, 0) is 19.1 Å². The second-order valence-corrected chi connectivity index (χ2v) is 4.93. The molecule has 1 heterocycles. The maximum absolute atomic E-state index is 11.6. The Hall–Kier alpha value is -1.52. The largest absolute Gasteiger partial charge is 0.511 e. The summed E-state index contributed by atoms with van der Waals surface area (Å²) in [7, 11) is 0. The third-order valence-corrected chi connectivity index (χ3v) is 2.33. The van der Waals surface area contributed by atoms with Crippen molar-refractivity contribution in [2.45, 2.75) is 46.3 Å². The van der Waals surface area contributed by atoms with Gasteiger partial charge in [-0.3, -0.25) is 0 Å². The second kappa shape index (κ2) is 4.77. The van der Waals surface area contributed by atoms with Crippen molar-refractivity contribution < 1.29 is 24.2 Å². The lowest BCUT2D eigenvalue weighted by molar-refractivity contribution is -0.222. The average Bonchev–Trinajstić information content (AvgIpc) is 2.11. The van der Waals surface area contributed by atoms with Crippen molar-refractivity contribution in [2.75, 3.05) is 0 Å². The highest BCUT2D eigenvalue weighted by molar-refractivity contribution is 6.15. The van der Waals surface area contributed by atoms with E-state index in [4.69, 9.17) is 9.47 Å². The van der Waals surface area contributed by atoms with E-state index in [-0.39, 0.29) is 17.8 Å². The first-order valence-electron chi connectivity index (χ1n) is 5.61. The van der Waals surface area contributed by atoms with Gasteiger partial charge in [-0.15, -0.1) is 0 Å². The molecule has 0 aliphatic carbocycles. The van der Waals surface area contributed by atoms with Crippen LogP contribution in [0.4, 0.5) is 0 Å². The fourth-order valence-electron chi connectivity index (χ4n) is 1.44. The molecule has 17 heavy (non-hydrogen) atoms. The third-order valence-electron chi connectivity index (χ3n) is 2.33. The Morgan fingerprint density at radius 2 is 1.71 bits per heavy atom. The highest BCUT2D eigenvalue weighted by atomic mass is 16.7. The molecule has 0 unspecified atom stereocenters. The van der Waals surface area contributed by atoms with Crippen molar-refractivity contribution in [3.05, 3.63) is 11.3 Å². The van der Waals surface area contributed by atoms with Gasteiger partial charge in [-0.2, -0.15) is 0 Å². The molecule has 0 aromatic rings. The zero-order chi connectivity index (χ0) is 13.2. The Bertz CT molecular complexity index is 343. The third kappa shape index (κ3) is 3.47. The first kappa shape index (κ1) is 13.5. The number of aliphatic hydroxyl groups excluding tert-OH is 1. The summed E-state index contributed by atoms with van der Waals surface area (Å²) >= 11 is 0. The average molecular weight is 242 g/mol. The molecule has 5 heteroatoms. The van der Waals surface area contributed by atoms with Crippen LogP contribution in [0.3, 0.4) is 0 Å². The smallest absolute Gasteiger partial charge is 0.352 e. The van der Waals surface area contributed by atoms with E-state index in [1.54, 1.807) is 0 Å². The first-order valence-corrected chi connectivity index (χ1v) is 5.61. The number of allylic oxidation sites excluding steroid dienone is 1. The van der Waals surface area contributed by atoms with Gasteiger partial charge in [0.2, 0.25) is 0 Å². The van der Waals surface area contributed by atoms with Crippen LogP contribution < -0.4 is 0 Å². The van der Waals surface area contributed by atoms with Crippen LogP contribution in [0.2, 0.25) is 0 Å². The lowest BCUT2D eigenvalue weighted by Crippen LogP contribution is -2.42. The van der Waals surface area contributed by atoms with Gasteiger partial charge >= 0.3 is 11.9 Å². The second-order valence-electron chi connectivity index (χ2n) is 4.93. The predicted octanol–water partition coefficient (Wildman–Crippen LogP) is 2.07. The van der Waals surface area contributed by atoms with E-state index >= 15 is 0 Å². The molecule has 1 aliphatic heterocycles. The molecule has 0 radical (unpaired) electrons. The monoisotopic (exact) mass is 242 g/mol. The molecule has 5 nitrogen and oxygen atoms in total. The zero-order valence-corrected chi connectivity index (χ0v) is 10.6. The molecule has 0 atom stereocenters. The number of hydrogen-bond acceptors (Lipinski definition) is 5.